The average Bonchev–Trinajstić information content (AvgIpc) is 4.47. The SMILES string of the molecule is PPP(P)P(P(P)P)P(P)P.c1ccc(-c2ccc3oc4cccc(-c5ccc6oc7cccc(-c8nc(-c9ccccc9)nc(-n9c%10ccccc%10c%10ccc%11c%12ccccc%12n(-c%12ccccc%12)c%11c%109)n8)c7c6c5)c4c3c2)cc1. The van der Waals surface area contributed by atoms with Gasteiger partial charge in [-0.1, -0.05) is 172 Å². The molecule has 7 nitrogen and oxygen atoms in total. The molecular formula is C63H50N5O2P11. The predicted molar refractivity (Wildman–Crippen MR) is 379 cm³/mol. The lowest BCUT2D eigenvalue weighted by molar-refractivity contribution is 0.669. The van der Waals surface area contributed by atoms with Gasteiger partial charge in [0.1, 0.15) is 22.3 Å². The van der Waals surface area contributed by atoms with Crippen LogP contribution in [0.2, 0.25) is 0 Å². The zero-order chi connectivity index (χ0) is 54.9. The minimum absolute atomic E-state index is 0.138. The molecule has 0 spiro atoms. The molecule has 5 aromatic heterocycles. The van der Waals surface area contributed by atoms with Crippen LogP contribution in [0.5, 0.6) is 0 Å². The minimum atomic E-state index is 0.138. The molecule has 0 saturated heterocycles. The molecule has 8 atom stereocenters. The summed E-state index contributed by atoms with van der Waals surface area (Å²) in [5, 5.41) is 8.58. The highest BCUT2D eigenvalue weighted by atomic mass is 33.2. The van der Waals surface area contributed by atoms with Gasteiger partial charge in [0.2, 0.25) is 5.95 Å². The standard InChI is InChI=1S/C63H37N5O2.H13P11/c1-4-16-38(17-5-1)40-30-34-53-49(36-40)57-43(24-14-28-55(57)69-53)41-31-35-54-50(37-41)58-48(25-15-29-56(58)70-54)62-64-61(39-18-6-2-7-19-39)65-63(66-62)68-52-27-13-11-23-45(52)47-33-32-46-44-22-10-12-26-51(44)67(59(46)60(47)68)42-20-8-3-9-21-42;1-7-10(6)11(8(2)3)9(4)5/h1-37H;7H,1-6H2. The van der Waals surface area contributed by atoms with Crippen molar-refractivity contribution in [2.45, 2.75) is 0 Å². The van der Waals surface area contributed by atoms with E-state index in [1.165, 1.54) is 5.39 Å². The number of hydrogen-bond donors (Lipinski definition) is 0. The van der Waals surface area contributed by atoms with E-state index < -0.39 is 0 Å². The van der Waals surface area contributed by atoms with Gasteiger partial charge in [0, 0.05) is 59.9 Å². The maximum absolute atomic E-state index is 6.68. The number of para-hydroxylation sites is 3. The van der Waals surface area contributed by atoms with Gasteiger partial charge in [-0.15, -0.1) is 53.6 Å². The third kappa shape index (κ3) is 9.84. The number of benzene rings is 10. The molecule has 8 unspecified atom stereocenters. The van der Waals surface area contributed by atoms with E-state index in [4.69, 9.17) is 23.8 Å². The monoisotopic (exact) mass is 1250 g/mol. The number of furan rings is 2. The molecule has 0 saturated carbocycles. The van der Waals surface area contributed by atoms with Gasteiger partial charge in [-0.2, -0.15) is 9.97 Å². The largest absolute Gasteiger partial charge is 0.456 e. The third-order valence-corrected chi connectivity index (χ3v) is 73.8. The molecule has 0 N–H and O–H groups in total. The molecule has 0 bridgehead atoms. The van der Waals surface area contributed by atoms with E-state index in [0.717, 1.165) is 129 Å². The number of nitrogens with zero attached hydrogens (tertiary/aromatic N) is 5. The van der Waals surface area contributed by atoms with Crippen LogP contribution in [0.3, 0.4) is 0 Å². The van der Waals surface area contributed by atoms with Gasteiger partial charge in [-0.05, 0) is 111 Å². The molecular weight excluding hydrogens is 1200 g/mol. The Balaban J connectivity index is 0.000000487. The zero-order valence-electron chi connectivity index (χ0n) is 43.2. The highest BCUT2D eigenvalue weighted by Gasteiger charge is 2.26. The summed E-state index contributed by atoms with van der Waals surface area (Å²) in [5.74, 6) is 1.63. The Morgan fingerprint density at radius 2 is 0.864 bits per heavy atom. The Kier molecular flexibility index (Phi) is 15.3. The first kappa shape index (κ1) is 54.1. The van der Waals surface area contributed by atoms with E-state index in [0.29, 0.717) is 17.6 Å². The third-order valence-electron chi connectivity index (χ3n) is 14.7. The maximum atomic E-state index is 6.68. The minimum Gasteiger partial charge on any atom is -0.456 e. The molecule has 0 radical (unpaired) electrons. The summed E-state index contributed by atoms with van der Waals surface area (Å²) in [6.45, 7) is 0.763. The number of aromatic nitrogens is 5. The quantitative estimate of drug-likeness (QED) is 0.128. The van der Waals surface area contributed by atoms with E-state index in [2.05, 4.69) is 251 Å². The molecule has 0 aliphatic rings. The Hall–Kier alpha value is -4.86. The van der Waals surface area contributed by atoms with E-state index in [9.17, 15) is 0 Å². The Morgan fingerprint density at radius 3 is 1.46 bits per heavy atom. The highest BCUT2D eigenvalue weighted by molar-refractivity contribution is 9.18. The molecule has 0 aliphatic heterocycles. The molecule has 0 fully saturated rings. The highest BCUT2D eigenvalue weighted by Crippen LogP contribution is 3.12. The van der Waals surface area contributed by atoms with Crippen molar-refractivity contribution in [1.29, 1.82) is 0 Å². The summed E-state index contributed by atoms with van der Waals surface area (Å²) in [5.41, 5.74) is 14.7. The lowest BCUT2D eigenvalue weighted by atomic mass is 9.96. The molecule has 10 aromatic carbocycles. The van der Waals surface area contributed by atoms with Crippen molar-refractivity contribution >= 4 is 177 Å². The van der Waals surface area contributed by atoms with Crippen molar-refractivity contribution in [3.8, 4) is 56.7 Å². The first-order valence-corrected chi connectivity index (χ1v) is 45.1. The zero-order valence-corrected chi connectivity index (χ0v) is 54.7. The molecule has 15 aromatic rings. The van der Waals surface area contributed by atoms with E-state index >= 15 is 0 Å². The second-order valence-electron chi connectivity index (χ2n) is 19.4. The van der Waals surface area contributed by atoms with Crippen molar-refractivity contribution in [3.05, 3.63) is 224 Å². The van der Waals surface area contributed by atoms with Crippen LogP contribution >= 0.6 is 89.5 Å². The maximum Gasteiger partial charge on any atom is 0.238 e. The van der Waals surface area contributed by atoms with Crippen LogP contribution < -0.4 is 0 Å². The summed E-state index contributed by atoms with van der Waals surface area (Å²) < 4.78 is 17.8. The van der Waals surface area contributed by atoms with Crippen LogP contribution in [0.4, 0.5) is 0 Å². The first-order chi connectivity index (χ1) is 39.7. The Bertz CT molecular complexity index is 4870. The van der Waals surface area contributed by atoms with Crippen LogP contribution in [0.25, 0.3) is 144 Å². The first-order valence-electron chi connectivity index (χ1n) is 25.9. The van der Waals surface area contributed by atoms with Crippen molar-refractivity contribution in [1.82, 2.24) is 24.1 Å². The number of fused-ring (bicyclic) bond motifs is 13. The van der Waals surface area contributed by atoms with Crippen molar-refractivity contribution in [2.24, 2.45) is 0 Å². The summed E-state index contributed by atoms with van der Waals surface area (Å²) in [6.07, 6.45) is 0. The van der Waals surface area contributed by atoms with Crippen molar-refractivity contribution in [3.63, 3.8) is 0 Å². The number of rotatable bonds is 10. The van der Waals surface area contributed by atoms with Gasteiger partial charge in [-0.25, -0.2) is 4.98 Å². The summed E-state index contributed by atoms with van der Waals surface area (Å²) in [4.78, 5) is 16.3. The Labute approximate surface area is 487 Å². The molecule has 0 aliphatic carbocycles. The van der Waals surface area contributed by atoms with Gasteiger partial charge in [0.25, 0.3) is 0 Å². The van der Waals surface area contributed by atoms with Gasteiger partial charge in [0.15, 0.2) is 11.6 Å². The fourth-order valence-electron chi connectivity index (χ4n) is 11.3. The molecule has 5 heterocycles. The molecule has 18 heteroatoms. The van der Waals surface area contributed by atoms with Gasteiger partial charge < -0.3 is 13.4 Å². The summed E-state index contributed by atoms with van der Waals surface area (Å²) >= 11 is 0. The van der Waals surface area contributed by atoms with Crippen molar-refractivity contribution < 1.29 is 8.83 Å². The molecule has 15 rings (SSSR count). The summed E-state index contributed by atoms with van der Waals surface area (Å²) in [6, 6.07) is 78.4. The van der Waals surface area contributed by atoms with Gasteiger partial charge in [0.05, 0.1) is 22.1 Å². The topological polar surface area (TPSA) is 74.8 Å². The molecule has 81 heavy (non-hydrogen) atoms. The van der Waals surface area contributed by atoms with Crippen LogP contribution in [0.15, 0.2) is 233 Å². The fraction of sp³-hybridized carbons (Fsp3) is 0. The van der Waals surface area contributed by atoms with Gasteiger partial charge >= 0.3 is 0 Å². The fourth-order valence-corrected chi connectivity index (χ4v) is 107. The number of hydrogen-bond acceptors (Lipinski definition) is 5. The second-order valence-corrected chi connectivity index (χ2v) is 58.5. The molecule has 394 valence electrons. The van der Waals surface area contributed by atoms with E-state index in [1.807, 2.05) is 36.4 Å². The average molecular weight is 1250 g/mol. The smallest absolute Gasteiger partial charge is 0.238 e. The van der Waals surface area contributed by atoms with Crippen LogP contribution in [-0.2, 0) is 0 Å². The van der Waals surface area contributed by atoms with Crippen LogP contribution in [0, 0.1) is 0 Å². The van der Waals surface area contributed by atoms with Crippen molar-refractivity contribution in [2.75, 3.05) is 0 Å². The van der Waals surface area contributed by atoms with E-state index in [-0.39, 0.29) is 27.9 Å². The van der Waals surface area contributed by atoms with Gasteiger partial charge in [-0.3, -0.25) is 4.57 Å². The predicted octanol–water partition coefficient (Wildman–Crippen LogP) is 22.5. The summed E-state index contributed by atoms with van der Waals surface area (Å²) in [7, 11) is 18.9. The lowest BCUT2D eigenvalue weighted by Crippen LogP contribution is -2.07. The van der Waals surface area contributed by atoms with Crippen LogP contribution in [0.1, 0.15) is 0 Å². The second kappa shape index (κ2) is 23.0. The van der Waals surface area contributed by atoms with E-state index in [1.54, 1.807) is 0 Å². The van der Waals surface area contributed by atoms with Crippen LogP contribution in [-0.4, -0.2) is 24.1 Å². The normalized spacial score (nSPS) is 12.6. The molecule has 0 amide bonds. The Morgan fingerprint density at radius 1 is 0.370 bits per heavy atom. The lowest BCUT2D eigenvalue weighted by Gasteiger charge is -2.29.